The highest BCUT2D eigenvalue weighted by Crippen LogP contribution is 2.34. The van der Waals surface area contributed by atoms with Crippen LogP contribution in [0, 0.1) is 0 Å². The molecule has 0 bridgehead atoms. The van der Waals surface area contributed by atoms with Crippen molar-refractivity contribution in [1.82, 2.24) is 9.80 Å². The number of nitrogens with two attached hydrogens (primary N) is 1. The monoisotopic (exact) mass is 309 g/mol. The fraction of sp³-hybridized carbons (Fsp3) is 0.571. The second kappa shape index (κ2) is 5.40. The topological polar surface area (TPSA) is 86.9 Å². The van der Waals surface area contributed by atoms with Gasteiger partial charge in [0.1, 0.15) is 4.88 Å². The van der Waals surface area contributed by atoms with Crippen LogP contribution in [0.5, 0.6) is 0 Å². The van der Waals surface area contributed by atoms with Crippen molar-refractivity contribution in [2.75, 3.05) is 26.2 Å². The Bertz CT molecular complexity index is 560. The molecular weight excluding hydrogens is 290 g/mol. The zero-order valence-corrected chi connectivity index (χ0v) is 12.6. The van der Waals surface area contributed by atoms with E-state index in [2.05, 4.69) is 4.90 Å². The predicted octanol–water partition coefficient (Wildman–Crippen LogP) is 0.582. The number of aromatic carboxylic acids is 1. The number of amides is 1. The summed E-state index contributed by atoms with van der Waals surface area (Å²) in [5, 5.41) is 8.92. The largest absolute Gasteiger partial charge is 0.477 e. The minimum atomic E-state index is -0.876. The molecule has 0 spiro atoms. The first-order valence-electron chi connectivity index (χ1n) is 7.10. The maximum absolute atomic E-state index is 12.1. The number of hydrogen-bond acceptors (Lipinski definition) is 5. The highest BCUT2D eigenvalue weighted by Gasteiger charge is 2.48. The van der Waals surface area contributed by atoms with E-state index in [-0.39, 0.29) is 5.91 Å². The van der Waals surface area contributed by atoms with E-state index in [9.17, 15) is 9.59 Å². The Labute approximate surface area is 127 Å². The van der Waals surface area contributed by atoms with Crippen molar-refractivity contribution in [2.24, 2.45) is 5.73 Å². The van der Waals surface area contributed by atoms with E-state index in [0.29, 0.717) is 18.0 Å². The third kappa shape index (κ3) is 3.09. The lowest BCUT2D eigenvalue weighted by Crippen LogP contribution is -2.53. The smallest absolute Gasteiger partial charge is 0.345 e. The minimum absolute atomic E-state index is 0.0893. The molecule has 0 atom stereocenters. The molecule has 2 aliphatic rings. The quantitative estimate of drug-likeness (QED) is 0.849. The second-order valence-corrected chi connectivity index (χ2v) is 6.96. The molecule has 7 heteroatoms. The van der Waals surface area contributed by atoms with Gasteiger partial charge in [-0.25, -0.2) is 4.79 Å². The van der Waals surface area contributed by atoms with Crippen LogP contribution >= 0.6 is 11.3 Å². The Morgan fingerprint density at radius 2 is 1.90 bits per heavy atom. The summed E-state index contributed by atoms with van der Waals surface area (Å²) in [6.07, 6.45) is 1.61. The molecule has 1 aromatic heterocycles. The second-order valence-electron chi connectivity index (χ2n) is 5.80. The number of rotatable bonds is 4. The van der Waals surface area contributed by atoms with Gasteiger partial charge in [0.2, 0.25) is 5.91 Å². The van der Waals surface area contributed by atoms with Crippen molar-refractivity contribution in [3.63, 3.8) is 0 Å². The van der Waals surface area contributed by atoms with Gasteiger partial charge in [0.05, 0.1) is 5.54 Å². The average molecular weight is 309 g/mol. The van der Waals surface area contributed by atoms with Gasteiger partial charge in [-0.2, -0.15) is 0 Å². The fourth-order valence-corrected chi connectivity index (χ4v) is 3.46. The van der Waals surface area contributed by atoms with E-state index >= 15 is 0 Å². The van der Waals surface area contributed by atoms with E-state index in [1.165, 1.54) is 11.3 Å². The number of carbonyl (C=O) groups excluding carboxylic acids is 1. The Morgan fingerprint density at radius 3 is 2.43 bits per heavy atom. The van der Waals surface area contributed by atoms with Crippen molar-refractivity contribution >= 4 is 23.2 Å². The molecule has 0 aromatic carbocycles. The zero-order chi connectivity index (χ0) is 15.0. The molecule has 3 rings (SSSR count). The van der Waals surface area contributed by atoms with Gasteiger partial charge in [0, 0.05) is 37.6 Å². The third-order valence-corrected chi connectivity index (χ3v) is 5.18. The first kappa shape index (κ1) is 14.5. The van der Waals surface area contributed by atoms with E-state index < -0.39 is 11.5 Å². The predicted molar refractivity (Wildman–Crippen MR) is 79.3 cm³/mol. The lowest BCUT2D eigenvalue weighted by atomic mass is 10.2. The molecule has 2 heterocycles. The summed E-state index contributed by atoms with van der Waals surface area (Å²) >= 11 is 1.31. The zero-order valence-electron chi connectivity index (χ0n) is 11.7. The average Bonchev–Trinajstić information content (AvgIpc) is 3.04. The highest BCUT2D eigenvalue weighted by atomic mass is 32.1. The Balaban J connectivity index is 1.51. The Hall–Kier alpha value is -1.44. The number of nitrogens with zero attached hydrogens (tertiary/aromatic N) is 2. The van der Waals surface area contributed by atoms with Crippen molar-refractivity contribution < 1.29 is 14.7 Å². The van der Waals surface area contributed by atoms with Gasteiger partial charge in [0.15, 0.2) is 0 Å². The van der Waals surface area contributed by atoms with Gasteiger partial charge in [0.25, 0.3) is 0 Å². The maximum Gasteiger partial charge on any atom is 0.345 e. The Kier molecular flexibility index (Phi) is 3.73. The first-order valence-corrected chi connectivity index (χ1v) is 7.92. The molecule has 1 amide bonds. The minimum Gasteiger partial charge on any atom is -0.477 e. The van der Waals surface area contributed by atoms with Gasteiger partial charge in [-0.05, 0) is 25.0 Å². The molecule has 6 nitrogen and oxygen atoms in total. The summed E-state index contributed by atoms with van der Waals surface area (Å²) in [4.78, 5) is 28.5. The number of hydrogen-bond donors (Lipinski definition) is 2. The van der Waals surface area contributed by atoms with E-state index in [1.54, 1.807) is 6.07 Å². The van der Waals surface area contributed by atoms with Crippen LogP contribution in [0.4, 0.5) is 0 Å². The van der Waals surface area contributed by atoms with E-state index in [1.807, 2.05) is 11.0 Å². The molecule has 1 saturated heterocycles. The van der Waals surface area contributed by atoms with Crippen LogP contribution in [0.3, 0.4) is 0 Å². The van der Waals surface area contributed by atoms with Crippen molar-refractivity contribution in [2.45, 2.75) is 24.9 Å². The van der Waals surface area contributed by atoms with E-state index in [0.717, 1.165) is 37.4 Å². The number of piperazine rings is 1. The number of carbonyl (C=O) groups is 2. The van der Waals surface area contributed by atoms with E-state index in [4.69, 9.17) is 10.8 Å². The van der Waals surface area contributed by atoms with Crippen LogP contribution in [-0.2, 0) is 11.3 Å². The highest BCUT2D eigenvalue weighted by molar-refractivity contribution is 7.13. The molecule has 21 heavy (non-hydrogen) atoms. The fourth-order valence-electron chi connectivity index (χ4n) is 2.57. The lowest BCUT2D eigenvalue weighted by Gasteiger charge is -2.35. The SMILES string of the molecule is NC1(C(=O)N2CCN(Cc3ccc(C(=O)O)s3)CC2)CC1. The van der Waals surface area contributed by atoms with Crippen molar-refractivity contribution in [1.29, 1.82) is 0 Å². The molecule has 0 radical (unpaired) electrons. The van der Waals surface area contributed by atoms with Crippen molar-refractivity contribution in [3.8, 4) is 0 Å². The van der Waals surface area contributed by atoms with Gasteiger partial charge >= 0.3 is 5.97 Å². The number of carboxylic acid groups (broad SMARTS) is 1. The molecular formula is C14H19N3O3S. The van der Waals surface area contributed by atoms with Crippen LogP contribution in [-0.4, -0.2) is 58.5 Å². The van der Waals surface area contributed by atoms with Gasteiger partial charge < -0.3 is 15.7 Å². The summed E-state index contributed by atoms with van der Waals surface area (Å²) < 4.78 is 0. The molecule has 1 aliphatic heterocycles. The van der Waals surface area contributed by atoms with Crippen LogP contribution in [0.15, 0.2) is 12.1 Å². The van der Waals surface area contributed by atoms with Crippen LogP contribution in [0.1, 0.15) is 27.4 Å². The molecule has 2 fully saturated rings. The molecule has 1 aromatic rings. The summed E-state index contributed by atoms with van der Waals surface area (Å²) in [6, 6.07) is 3.51. The Morgan fingerprint density at radius 1 is 1.24 bits per heavy atom. The van der Waals surface area contributed by atoms with Crippen LogP contribution in [0.2, 0.25) is 0 Å². The maximum atomic E-state index is 12.1. The normalized spacial score (nSPS) is 21.3. The summed E-state index contributed by atoms with van der Waals surface area (Å²) in [5.74, 6) is -0.786. The molecule has 1 saturated carbocycles. The summed E-state index contributed by atoms with van der Waals surface area (Å²) in [6.45, 7) is 3.77. The van der Waals surface area contributed by atoms with Gasteiger partial charge in [-0.1, -0.05) is 0 Å². The lowest BCUT2D eigenvalue weighted by molar-refractivity contribution is -0.135. The summed E-state index contributed by atoms with van der Waals surface area (Å²) in [7, 11) is 0. The number of thiophene rings is 1. The van der Waals surface area contributed by atoms with Crippen molar-refractivity contribution in [3.05, 3.63) is 21.9 Å². The standard InChI is InChI=1S/C14H19N3O3S/c15-14(3-4-14)13(20)17-7-5-16(6-8-17)9-10-1-2-11(21-10)12(18)19/h1-2H,3-9,15H2,(H,18,19). The molecule has 114 valence electrons. The molecule has 3 N–H and O–H groups in total. The third-order valence-electron chi connectivity index (χ3n) is 4.13. The van der Waals surface area contributed by atoms with Crippen LogP contribution < -0.4 is 5.73 Å². The van der Waals surface area contributed by atoms with Gasteiger partial charge in [-0.15, -0.1) is 11.3 Å². The molecule has 0 unspecified atom stereocenters. The van der Waals surface area contributed by atoms with Crippen LogP contribution in [0.25, 0.3) is 0 Å². The first-order chi connectivity index (χ1) is 9.98. The summed E-state index contributed by atoms with van der Waals surface area (Å²) in [5.41, 5.74) is 5.37. The number of carboxylic acids is 1. The van der Waals surface area contributed by atoms with Gasteiger partial charge in [-0.3, -0.25) is 9.69 Å². The molecule has 1 aliphatic carbocycles.